The van der Waals surface area contributed by atoms with Gasteiger partial charge in [-0.2, -0.15) is 0 Å². The first-order chi connectivity index (χ1) is 13.5. The van der Waals surface area contributed by atoms with Crippen molar-refractivity contribution in [2.45, 2.75) is 52.6 Å². The van der Waals surface area contributed by atoms with E-state index in [1.54, 1.807) is 0 Å². The normalized spacial score (nSPS) is 16.9. The van der Waals surface area contributed by atoms with E-state index in [2.05, 4.69) is 0 Å². The summed E-state index contributed by atoms with van der Waals surface area (Å²) < 4.78 is 0. The van der Waals surface area contributed by atoms with Crippen LogP contribution in [0, 0.1) is 0 Å². The lowest BCUT2D eigenvalue weighted by molar-refractivity contribution is -0.139. The van der Waals surface area contributed by atoms with E-state index in [9.17, 15) is 19.2 Å². The Morgan fingerprint density at radius 1 is 0.679 bits per heavy atom. The highest BCUT2D eigenvalue weighted by molar-refractivity contribution is 6.16. The molecule has 0 radical (unpaired) electrons. The SMILES string of the molecule is CCCC1=CC(=O)N(Cc2ccccc2CN2C(=O)C=C(CCC)C2=O)C1=O. The molecule has 0 spiro atoms. The maximum atomic E-state index is 12.5. The highest BCUT2D eigenvalue weighted by atomic mass is 16.2. The lowest BCUT2D eigenvalue weighted by atomic mass is 10.1. The predicted molar refractivity (Wildman–Crippen MR) is 104 cm³/mol. The molecule has 0 aliphatic carbocycles. The molecule has 2 aliphatic heterocycles. The van der Waals surface area contributed by atoms with Crippen molar-refractivity contribution in [2.24, 2.45) is 0 Å². The van der Waals surface area contributed by atoms with Crippen LogP contribution >= 0.6 is 0 Å². The lowest BCUT2D eigenvalue weighted by Crippen LogP contribution is -2.33. The second kappa shape index (κ2) is 8.33. The van der Waals surface area contributed by atoms with Gasteiger partial charge in [0.15, 0.2) is 0 Å². The largest absolute Gasteiger partial charge is 0.271 e. The third-order valence-electron chi connectivity index (χ3n) is 4.98. The Labute approximate surface area is 164 Å². The second-order valence-electron chi connectivity index (χ2n) is 7.07. The topological polar surface area (TPSA) is 74.8 Å². The van der Waals surface area contributed by atoms with Gasteiger partial charge in [-0.05, 0) is 24.0 Å². The van der Waals surface area contributed by atoms with E-state index in [0.717, 1.165) is 24.0 Å². The van der Waals surface area contributed by atoms with E-state index >= 15 is 0 Å². The molecular formula is C22H24N2O4. The molecule has 0 fully saturated rings. The van der Waals surface area contributed by atoms with Crippen LogP contribution in [-0.4, -0.2) is 33.4 Å². The Morgan fingerprint density at radius 2 is 1.07 bits per heavy atom. The lowest BCUT2D eigenvalue weighted by Gasteiger charge is -2.20. The minimum Gasteiger partial charge on any atom is -0.271 e. The predicted octanol–water partition coefficient (Wildman–Crippen LogP) is 2.88. The van der Waals surface area contributed by atoms with Crippen molar-refractivity contribution in [2.75, 3.05) is 0 Å². The Morgan fingerprint density at radius 3 is 1.43 bits per heavy atom. The van der Waals surface area contributed by atoms with Gasteiger partial charge in [0.2, 0.25) is 0 Å². The van der Waals surface area contributed by atoms with Crippen molar-refractivity contribution in [1.82, 2.24) is 9.80 Å². The number of benzene rings is 1. The molecule has 6 nitrogen and oxygen atoms in total. The van der Waals surface area contributed by atoms with Crippen LogP contribution in [0.15, 0.2) is 47.6 Å². The number of hydrogen-bond acceptors (Lipinski definition) is 4. The van der Waals surface area contributed by atoms with Crippen LogP contribution in [0.1, 0.15) is 50.7 Å². The van der Waals surface area contributed by atoms with Gasteiger partial charge in [-0.15, -0.1) is 0 Å². The minimum absolute atomic E-state index is 0.128. The zero-order valence-electron chi connectivity index (χ0n) is 16.2. The van der Waals surface area contributed by atoms with Crippen molar-refractivity contribution in [3.05, 3.63) is 58.7 Å². The monoisotopic (exact) mass is 380 g/mol. The number of hydrogen-bond donors (Lipinski definition) is 0. The zero-order valence-corrected chi connectivity index (χ0v) is 16.2. The van der Waals surface area contributed by atoms with Crippen LogP contribution < -0.4 is 0 Å². The second-order valence-corrected chi connectivity index (χ2v) is 7.07. The molecule has 0 atom stereocenters. The molecule has 0 aromatic heterocycles. The van der Waals surface area contributed by atoms with E-state index < -0.39 is 0 Å². The minimum atomic E-state index is -0.316. The van der Waals surface area contributed by atoms with Gasteiger partial charge in [0, 0.05) is 23.3 Å². The summed E-state index contributed by atoms with van der Waals surface area (Å²) in [5.74, 6) is -1.16. The van der Waals surface area contributed by atoms with Crippen molar-refractivity contribution < 1.29 is 19.2 Å². The summed E-state index contributed by atoms with van der Waals surface area (Å²) in [7, 11) is 0. The molecule has 28 heavy (non-hydrogen) atoms. The first kappa shape index (κ1) is 19.7. The summed E-state index contributed by atoms with van der Waals surface area (Å²) >= 11 is 0. The van der Waals surface area contributed by atoms with E-state index in [4.69, 9.17) is 0 Å². The van der Waals surface area contributed by atoms with Crippen molar-refractivity contribution >= 4 is 23.6 Å². The summed E-state index contributed by atoms with van der Waals surface area (Å²) in [6.45, 7) is 4.18. The van der Waals surface area contributed by atoms with Gasteiger partial charge >= 0.3 is 0 Å². The van der Waals surface area contributed by atoms with Gasteiger partial charge in [0.1, 0.15) is 0 Å². The van der Waals surface area contributed by atoms with Crippen LogP contribution in [0.3, 0.4) is 0 Å². The van der Waals surface area contributed by atoms with Crippen molar-refractivity contribution in [3.63, 3.8) is 0 Å². The van der Waals surface area contributed by atoms with E-state index in [1.165, 1.54) is 22.0 Å². The van der Waals surface area contributed by atoms with Crippen LogP contribution in [-0.2, 0) is 32.3 Å². The summed E-state index contributed by atoms with van der Waals surface area (Å²) in [4.78, 5) is 51.9. The van der Waals surface area contributed by atoms with Crippen LogP contribution in [0.4, 0.5) is 0 Å². The van der Waals surface area contributed by atoms with Gasteiger partial charge in [0.05, 0.1) is 13.1 Å². The molecule has 1 aromatic rings. The highest BCUT2D eigenvalue weighted by Gasteiger charge is 2.33. The Balaban J connectivity index is 1.76. The highest BCUT2D eigenvalue weighted by Crippen LogP contribution is 2.24. The van der Waals surface area contributed by atoms with Crippen LogP contribution in [0.25, 0.3) is 0 Å². The van der Waals surface area contributed by atoms with Crippen molar-refractivity contribution in [3.8, 4) is 0 Å². The molecule has 2 heterocycles. The summed E-state index contributed by atoms with van der Waals surface area (Å²) in [5, 5.41) is 0. The maximum Gasteiger partial charge on any atom is 0.257 e. The smallest absolute Gasteiger partial charge is 0.257 e. The summed E-state index contributed by atoms with van der Waals surface area (Å²) in [5.41, 5.74) is 2.56. The number of carbonyl (C=O) groups is 4. The molecule has 0 saturated carbocycles. The number of nitrogens with zero attached hydrogens (tertiary/aromatic N) is 2. The molecule has 0 N–H and O–H groups in total. The third-order valence-corrected chi connectivity index (χ3v) is 4.98. The Bertz CT molecular complexity index is 825. The molecule has 146 valence electrons. The van der Waals surface area contributed by atoms with Gasteiger partial charge < -0.3 is 0 Å². The quantitative estimate of drug-likeness (QED) is 0.650. The van der Waals surface area contributed by atoms with E-state index in [0.29, 0.717) is 24.0 Å². The van der Waals surface area contributed by atoms with E-state index in [1.807, 2.05) is 38.1 Å². The molecular weight excluding hydrogens is 356 g/mol. The number of amides is 4. The zero-order chi connectivity index (χ0) is 20.3. The average molecular weight is 380 g/mol. The molecule has 2 aliphatic rings. The Kier molecular flexibility index (Phi) is 5.87. The molecule has 0 saturated heterocycles. The number of carbonyl (C=O) groups excluding carboxylic acids is 4. The van der Waals surface area contributed by atoms with Crippen molar-refractivity contribution in [1.29, 1.82) is 0 Å². The van der Waals surface area contributed by atoms with Crippen LogP contribution in [0.5, 0.6) is 0 Å². The molecule has 4 amide bonds. The number of imide groups is 2. The molecule has 1 aromatic carbocycles. The first-order valence-corrected chi connectivity index (χ1v) is 9.65. The fourth-order valence-corrected chi connectivity index (χ4v) is 3.53. The number of rotatable bonds is 8. The fourth-order valence-electron chi connectivity index (χ4n) is 3.53. The average Bonchev–Trinajstić information content (AvgIpc) is 3.08. The first-order valence-electron chi connectivity index (χ1n) is 9.65. The standard InChI is InChI=1S/C22H24N2O4/c1-3-7-15-11-19(25)23(21(15)27)13-17-9-5-6-10-18(17)14-24-20(26)12-16(8-4-2)22(24)28/h5-6,9-12H,3-4,7-8,13-14H2,1-2H3. The molecule has 0 bridgehead atoms. The van der Waals surface area contributed by atoms with Gasteiger partial charge in [-0.3, -0.25) is 29.0 Å². The molecule has 0 unspecified atom stereocenters. The van der Waals surface area contributed by atoms with Crippen LogP contribution in [0.2, 0.25) is 0 Å². The molecule has 6 heteroatoms. The third kappa shape index (κ3) is 3.81. The van der Waals surface area contributed by atoms with E-state index in [-0.39, 0.29) is 36.7 Å². The fraction of sp³-hybridized carbons (Fsp3) is 0.364. The van der Waals surface area contributed by atoms with Gasteiger partial charge in [-0.25, -0.2) is 0 Å². The summed E-state index contributed by atoms with van der Waals surface area (Å²) in [6.07, 6.45) is 5.55. The summed E-state index contributed by atoms with van der Waals surface area (Å²) in [6, 6.07) is 7.27. The molecule has 3 rings (SSSR count). The maximum absolute atomic E-state index is 12.5. The van der Waals surface area contributed by atoms with Gasteiger partial charge in [0.25, 0.3) is 23.6 Å². The van der Waals surface area contributed by atoms with Gasteiger partial charge in [-0.1, -0.05) is 51.0 Å². The Hall–Kier alpha value is -3.02.